The van der Waals surface area contributed by atoms with Crippen molar-refractivity contribution in [1.82, 2.24) is 24.4 Å². The van der Waals surface area contributed by atoms with E-state index in [1.807, 2.05) is 11.1 Å². The van der Waals surface area contributed by atoms with Gasteiger partial charge in [-0.15, -0.1) is 0 Å². The maximum absolute atomic E-state index is 12.5. The van der Waals surface area contributed by atoms with Crippen molar-refractivity contribution in [2.45, 2.75) is 32.2 Å². The minimum atomic E-state index is -0.0557. The van der Waals surface area contributed by atoms with Crippen LogP contribution in [-0.2, 0) is 11.3 Å². The summed E-state index contributed by atoms with van der Waals surface area (Å²) in [5.74, 6) is 1.28. The SMILES string of the molecule is COCCCn1c(C)cnc1C1CCN(C(=O)c2cnccn2)C1. The molecule has 0 aromatic carbocycles. The summed E-state index contributed by atoms with van der Waals surface area (Å²) >= 11 is 0. The van der Waals surface area contributed by atoms with Gasteiger partial charge < -0.3 is 14.2 Å². The standard InChI is InChI=1S/C17H23N5O2/c1-13-10-20-16(22(13)7-3-9-24-2)14-4-8-21(12-14)17(23)15-11-18-5-6-19-15/h5-6,10-11,14H,3-4,7-9,12H2,1-2H3. The minimum absolute atomic E-state index is 0.0557. The highest BCUT2D eigenvalue weighted by Gasteiger charge is 2.31. The van der Waals surface area contributed by atoms with Gasteiger partial charge in [0, 0.05) is 63.6 Å². The van der Waals surface area contributed by atoms with Crippen molar-refractivity contribution in [2.75, 3.05) is 26.8 Å². The van der Waals surface area contributed by atoms with Crippen LogP contribution in [0.4, 0.5) is 0 Å². The summed E-state index contributed by atoms with van der Waals surface area (Å²) in [6.45, 7) is 5.10. The molecular weight excluding hydrogens is 306 g/mol. The second-order valence-electron chi connectivity index (χ2n) is 6.08. The maximum atomic E-state index is 12.5. The first-order chi connectivity index (χ1) is 11.7. The summed E-state index contributed by atoms with van der Waals surface area (Å²) in [6, 6.07) is 0. The van der Waals surface area contributed by atoms with Crippen LogP contribution in [0, 0.1) is 6.92 Å². The molecule has 3 heterocycles. The van der Waals surface area contributed by atoms with Crippen molar-refractivity contribution in [1.29, 1.82) is 0 Å². The number of hydrogen-bond donors (Lipinski definition) is 0. The van der Waals surface area contributed by atoms with Gasteiger partial charge in [-0.2, -0.15) is 0 Å². The van der Waals surface area contributed by atoms with Gasteiger partial charge >= 0.3 is 0 Å². The Morgan fingerprint density at radius 3 is 2.96 bits per heavy atom. The van der Waals surface area contributed by atoms with Gasteiger partial charge in [-0.25, -0.2) is 9.97 Å². The van der Waals surface area contributed by atoms with E-state index in [1.54, 1.807) is 19.5 Å². The predicted molar refractivity (Wildman–Crippen MR) is 88.8 cm³/mol. The lowest BCUT2D eigenvalue weighted by Crippen LogP contribution is -2.29. The molecule has 7 nitrogen and oxygen atoms in total. The quantitative estimate of drug-likeness (QED) is 0.754. The molecule has 0 radical (unpaired) electrons. The topological polar surface area (TPSA) is 73.1 Å². The fourth-order valence-electron chi connectivity index (χ4n) is 3.19. The monoisotopic (exact) mass is 329 g/mol. The van der Waals surface area contributed by atoms with Gasteiger partial charge in [0.15, 0.2) is 0 Å². The first-order valence-electron chi connectivity index (χ1n) is 8.27. The van der Waals surface area contributed by atoms with Crippen molar-refractivity contribution in [2.24, 2.45) is 0 Å². The van der Waals surface area contributed by atoms with Crippen LogP contribution in [0.25, 0.3) is 0 Å². The molecule has 1 fully saturated rings. The summed E-state index contributed by atoms with van der Waals surface area (Å²) in [6.07, 6.45) is 8.43. The fourth-order valence-corrected chi connectivity index (χ4v) is 3.19. The molecule has 2 aromatic heterocycles. The number of nitrogens with zero attached hydrogens (tertiary/aromatic N) is 5. The Morgan fingerprint density at radius 1 is 1.33 bits per heavy atom. The molecule has 0 N–H and O–H groups in total. The highest BCUT2D eigenvalue weighted by atomic mass is 16.5. The van der Waals surface area contributed by atoms with Crippen LogP contribution in [0.1, 0.15) is 40.8 Å². The molecule has 1 atom stereocenters. The molecule has 0 spiro atoms. The average Bonchev–Trinajstić information content (AvgIpc) is 3.23. The Hall–Kier alpha value is -2.28. The van der Waals surface area contributed by atoms with Gasteiger partial charge in [0.1, 0.15) is 11.5 Å². The number of imidazole rings is 1. The number of ether oxygens (including phenoxy) is 1. The zero-order valence-electron chi connectivity index (χ0n) is 14.2. The maximum Gasteiger partial charge on any atom is 0.274 e. The Morgan fingerprint density at radius 2 is 2.21 bits per heavy atom. The van der Waals surface area contributed by atoms with Crippen LogP contribution < -0.4 is 0 Å². The van der Waals surface area contributed by atoms with Crippen molar-refractivity contribution in [3.63, 3.8) is 0 Å². The second-order valence-corrected chi connectivity index (χ2v) is 6.08. The summed E-state index contributed by atoms with van der Waals surface area (Å²) in [7, 11) is 1.72. The molecule has 128 valence electrons. The lowest BCUT2D eigenvalue weighted by molar-refractivity contribution is 0.0784. The third kappa shape index (κ3) is 3.46. The van der Waals surface area contributed by atoms with Crippen LogP contribution in [-0.4, -0.2) is 57.1 Å². The first kappa shape index (κ1) is 16.6. The Labute approximate surface area is 141 Å². The zero-order chi connectivity index (χ0) is 16.9. The van der Waals surface area contributed by atoms with Crippen molar-refractivity contribution < 1.29 is 9.53 Å². The van der Waals surface area contributed by atoms with Crippen LogP contribution in [0.3, 0.4) is 0 Å². The molecule has 3 rings (SSSR count). The Bertz CT molecular complexity index is 686. The van der Waals surface area contributed by atoms with Crippen LogP contribution >= 0.6 is 0 Å². The number of rotatable bonds is 6. The van der Waals surface area contributed by atoms with E-state index in [0.29, 0.717) is 12.2 Å². The second kappa shape index (κ2) is 7.53. The molecule has 0 saturated carbocycles. The number of carbonyl (C=O) groups is 1. The molecule has 0 bridgehead atoms. The number of aryl methyl sites for hydroxylation is 1. The van der Waals surface area contributed by atoms with Gasteiger partial charge in [-0.3, -0.25) is 9.78 Å². The average molecular weight is 329 g/mol. The van der Waals surface area contributed by atoms with E-state index in [1.165, 1.54) is 6.20 Å². The number of carbonyl (C=O) groups excluding carboxylic acids is 1. The number of amides is 1. The van der Waals surface area contributed by atoms with Crippen molar-refractivity contribution >= 4 is 5.91 Å². The predicted octanol–water partition coefficient (Wildman–Crippen LogP) is 1.65. The van der Waals surface area contributed by atoms with E-state index in [4.69, 9.17) is 4.74 Å². The lowest BCUT2D eigenvalue weighted by atomic mass is 10.1. The third-order valence-electron chi connectivity index (χ3n) is 4.44. The molecule has 2 aromatic rings. The van der Waals surface area contributed by atoms with Gasteiger partial charge in [0.05, 0.1) is 6.20 Å². The van der Waals surface area contributed by atoms with Crippen LogP contribution in [0.2, 0.25) is 0 Å². The van der Waals surface area contributed by atoms with Gasteiger partial charge in [0.25, 0.3) is 5.91 Å². The highest BCUT2D eigenvalue weighted by molar-refractivity contribution is 5.92. The van der Waals surface area contributed by atoms with Crippen molar-refractivity contribution in [3.8, 4) is 0 Å². The van der Waals surface area contributed by atoms with Gasteiger partial charge in [-0.1, -0.05) is 0 Å². The minimum Gasteiger partial charge on any atom is -0.385 e. The van der Waals surface area contributed by atoms with Crippen LogP contribution in [0.5, 0.6) is 0 Å². The van der Waals surface area contributed by atoms with Crippen LogP contribution in [0.15, 0.2) is 24.8 Å². The Balaban J connectivity index is 1.69. The highest BCUT2D eigenvalue weighted by Crippen LogP contribution is 2.28. The Kier molecular flexibility index (Phi) is 5.20. The zero-order valence-corrected chi connectivity index (χ0v) is 14.2. The molecular formula is C17H23N5O2. The molecule has 7 heteroatoms. The van der Waals surface area contributed by atoms with E-state index in [-0.39, 0.29) is 11.8 Å². The van der Waals surface area contributed by atoms with E-state index in [9.17, 15) is 4.79 Å². The van der Waals surface area contributed by atoms with E-state index in [0.717, 1.165) is 44.1 Å². The summed E-state index contributed by atoms with van der Waals surface area (Å²) in [5.41, 5.74) is 1.55. The number of methoxy groups -OCH3 is 1. The normalized spacial score (nSPS) is 17.4. The van der Waals surface area contributed by atoms with E-state index in [2.05, 4.69) is 26.4 Å². The fraction of sp³-hybridized carbons (Fsp3) is 0.529. The van der Waals surface area contributed by atoms with Gasteiger partial charge in [-0.05, 0) is 19.8 Å². The molecule has 1 aliphatic heterocycles. The summed E-state index contributed by atoms with van der Waals surface area (Å²) < 4.78 is 7.39. The molecule has 1 saturated heterocycles. The summed E-state index contributed by atoms with van der Waals surface area (Å²) in [5, 5.41) is 0. The number of likely N-dealkylation sites (tertiary alicyclic amines) is 1. The van der Waals surface area contributed by atoms with Gasteiger partial charge in [0.2, 0.25) is 0 Å². The molecule has 0 aliphatic carbocycles. The largest absolute Gasteiger partial charge is 0.385 e. The smallest absolute Gasteiger partial charge is 0.274 e. The summed E-state index contributed by atoms with van der Waals surface area (Å²) in [4.78, 5) is 27.0. The first-order valence-corrected chi connectivity index (χ1v) is 8.27. The molecule has 1 amide bonds. The lowest BCUT2D eigenvalue weighted by Gasteiger charge is -2.17. The molecule has 1 aliphatic rings. The number of aromatic nitrogens is 4. The molecule has 1 unspecified atom stereocenters. The third-order valence-corrected chi connectivity index (χ3v) is 4.44. The molecule has 24 heavy (non-hydrogen) atoms. The number of hydrogen-bond acceptors (Lipinski definition) is 5. The van der Waals surface area contributed by atoms with E-state index < -0.39 is 0 Å². The van der Waals surface area contributed by atoms with E-state index >= 15 is 0 Å². The van der Waals surface area contributed by atoms with Crippen molar-refractivity contribution in [3.05, 3.63) is 42.0 Å².